The maximum Gasteiger partial charge on any atom is 0.264 e. The van der Waals surface area contributed by atoms with Crippen molar-refractivity contribution in [1.29, 1.82) is 0 Å². The number of ether oxygens (including phenoxy) is 1. The standard InChI is InChI=1S/C24H24N2O4S/c1-17-8-3-5-11-20(17)24(27)25-21-16-19(13-14-23(21)30-2)31(28,29)26-15-7-10-18-9-4-6-12-22(18)26/h3-6,8-9,11-14,16H,7,10,15H2,1-2H3,(H,25,27). The van der Waals surface area contributed by atoms with Crippen molar-refractivity contribution in [2.24, 2.45) is 0 Å². The number of hydrogen-bond acceptors (Lipinski definition) is 4. The Labute approximate surface area is 182 Å². The lowest BCUT2D eigenvalue weighted by molar-refractivity contribution is 0.102. The molecule has 1 aliphatic rings. The number of anilines is 2. The van der Waals surface area contributed by atoms with Crippen LogP contribution in [0.25, 0.3) is 0 Å². The second kappa shape index (κ2) is 8.43. The monoisotopic (exact) mass is 436 g/mol. The Morgan fingerprint density at radius 2 is 1.77 bits per heavy atom. The van der Waals surface area contributed by atoms with E-state index < -0.39 is 10.0 Å². The van der Waals surface area contributed by atoms with Gasteiger partial charge in [0.15, 0.2) is 0 Å². The van der Waals surface area contributed by atoms with Gasteiger partial charge >= 0.3 is 0 Å². The van der Waals surface area contributed by atoms with Gasteiger partial charge < -0.3 is 10.1 Å². The maximum atomic E-state index is 13.5. The molecule has 1 amide bonds. The molecule has 0 saturated carbocycles. The van der Waals surface area contributed by atoms with E-state index in [2.05, 4.69) is 5.32 Å². The minimum absolute atomic E-state index is 0.102. The fraction of sp³-hybridized carbons (Fsp3) is 0.208. The molecular formula is C24H24N2O4S. The zero-order chi connectivity index (χ0) is 22.0. The van der Waals surface area contributed by atoms with Gasteiger partial charge in [-0.05, 0) is 61.2 Å². The summed E-state index contributed by atoms with van der Waals surface area (Å²) < 4.78 is 33.8. The number of fused-ring (bicyclic) bond motifs is 1. The molecule has 0 bridgehead atoms. The molecule has 0 fully saturated rings. The van der Waals surface area contributed by atoms with Crippen LogP contribution in [-0.2, 0) is 16.4 Å². The third-order valence-electron chi connectivity index (χ3n) is 5.46. The molecule has 0 aliphatic carbocycles. The van der Waals surface area contributed by atoms with Crippen molar-refractivity contribution in [3.63, 3.8) is 0 Å². The quantitative estimate of drug-likeness (QED) is 0.643. The Balaban J connectivity index is 1.71. The number of benzene rings is 3. The van der Waals surface area contributed by atoms with E-state index in [-0.39, 0.29) is 10.8 Å². The summed E-state index contributed by atoms with van der Waals surface area (Å²) in [5.74, 6) is 0.0641. The Kier molecular flexibility index (Phi) is 5.69. The van der Waals surface area contributed by atoms with E-state index in [9.17, 15) is 13.2 Å². The highest BCUT2D eigenvalue weighted by atomic mass is 32.2. The largest absolute Gasteiger partial charge is 0.495 e. The average molecular weight is 437 g/mol. The summed E-state index contributed by atoms with van der Waals surface area (Å²) in [6.07, 6.45) is 1.60. The summed E-state index contributed by atoms with van der Waals surface area (Å²) in [5, 5.41) is 2.81. The summed E-state index contributed by atoms with van der Waals surface area (Å²) in [6, 6.07) is 19.3. The molecule has 0 spiro atoms. The van der Waals surface area contributed by atoms with Crippen LogP contribution in [-0.4, -0.2) is 28.0 Å². The van der Waals surface area contributed by atoms with Crippen LogP contribution in [0.4, 0.5) is 11.4 Å². The van der Waals surface area contributed by atoms with E-state index in [1.807, 2.05) is 43.3 Å². The summed E-state index contributed by atoms with van der Waals surface area (Å²) in [7, 11) is -2.33. The highest BCUT2D eigenvalue weighted by Crippen LogP contribution is 2.34. The Morgan fingerprint density at radius 1 is 1.03 bits per heavy atom. The number of sulfonamides is 1. The molecule has 160 valence electrons. The van der Waals surface area contributed by atoms with Gasteiger partial charge in [-0.3, -0.25) is 9.10 Å². The first-order chi connectivity index (χ1) is 14.9. The predicted octanol–water partition coefficient (Wildman–Crippen LogP) is 4.40. The molecule has 3 aromatic rings. The molecule has 4 rings (SSSR count). The normalized spacial score (nSPS) is 13.4. The molecule has 3 aromatic carbocycles. The van der Waals surface area contributed by atoms with Crippen LogP contribution < -0.4 is 14.4 Å². The average Bonchev–Trinajstić information content (AvgIpc) is 2.78. The lowest BCUT2D eigenvalue weighted by Gasteiger charge is -2.30. The van der Waals surface area contributed by atoms with Crippen LogP contribution in [0.5, 0.6) is 5.75 Å². The Morgan fingerprint density at radius 3 is 2.55 bits per heavy atom. The lowest BCUT2D eigenvalue weighted by Crippen LogP contribution is -2.35. The minimum Gasteiger partial charge on any atom is -0.495 e. The van der Waals surface area contributed by atoms with Crippen LogP contribution in [0.3, 0.4) is 0 Å². The zero-order valence-electron chi connectivity index (χ0n) is 17.5. The highest BCUT2D eigenvalue weighted by Gasteiger charge is 2.29. The number of amides is 1. The molecule has 0 radical (unpaired) electrons. The van der Waals surface area contributed by atoms with Crippen molar-refractivity contribution in [2.75, 3.05) is 23.3 Å². The molecule has 7 heteroatoms. The van der Waals surface area contributed by atoms with Crippen molar-refractivity contribution in [2.45, 2.75) is 24.7 Å². The third-order valence-corrected chi connectivity index (χ3v) is 7.27. The maximum absolute atomic E-state index is 13.5. The first kappa shape index (κ1) is 20.9. The molecule has 0 aromatic heterocycles. The number of nitrogens with zero attached hydrogens (tertiary/aromatic N) is 1. The van der Waals surface area contributed by atoms with Crippen LogP contribution in [0.15, 0.2) is 71.6 Å². The van der Waals surface area contributed by atoms with Gasteiger partial charge in [-0.2, -0.15) is 0 Å². The van der Waals surface area contributed by atoms with E-state index in [4.69, 9.17) is 4.74 Å². The number of aryl methyl sites for hydroxylation is 2. The fourth-order valence-corrected chi connectivity index (χ4v) is 5.41. The molecule has 0 unspecified atom stereocenters. The number of hydrogen-bond donors (Lipinski definition) is 1. The molecule has 1 N–H and O–H groups in total. The lowest BCUT2D eigenvalue weighted by atomic mass is 10.0. The smallest absolute Gasteiger partial charge is 0.264 e. The van der Waals surface area contributed by atoms with Crippen molar-refractivity contribution in [3.05, 3.63) is 83.4 Å². The summed E-state index contributed by atoms with van der Waals surface area (Å²) >= 11 is 0. The second-order valence-electron chi connectivity index (χ2n) is 7.44. The number of methoxy groups -OCH3 is 1. The van der Waals surface area contributed by atoms with Crippen molar-refractivity contribution in [3.8, 4) is 5.75 Å². The first-order valence-corrected chi connectivity index (χ1v) is 11.5. The molecule has 0 atom stereocenters. The van der Waals surface area contributed by atoms with Gasteiger partial charge in [0, 0.05) is 12.1 Å². The summed E-state index contributed by atoms with van der Waals surface area (Å²) in [6.45, 7) is 2.26. The predicted molar refractivity (Wildman–Crippen MR) is 121 cm³/mol. The Hall–Kier alpha value is -3.32. The number of para-hydroxylation sites is 1. The van der Waals surface area contributed by atoms with Gasteiger partial charge in [-0.15, -0.1) is 0 Å². The Bertz CT molecular complexity index is 1240. The first-order valence-electron chi connectivity index (χ1n) is 10.1. The van der Waals surface area contributed by atoms with E-state index in [0.29, 0.717) is 29.2 Å². The number of carbonyl (C=O) groups is 1. The van der Waals surface area contributed by atoms with Gasteiger partial charge in [0.1, 0.15) is 5.75 Å². The molecule has 0 saturated heterocycles. The van der Waals surface area contributed by atoms with Gasteiger partial charge in [0.2, 0.25) is 0 Å². The molecule has 6 nitrogen and oxygen atoms in total. The van der Waals surface area contributed by atoms with Gasteiger partial charge in [0.25, 0.3) is 15.9 Å². The van der Waals surface area contributed by atoms with Gasteiger partial charge in [-0.25, -0.2) is 8.42 Å². The molecule has 1 heterocycles. The van der Waals surface area contributed by atoms with Crippen molar-refractivity contribution < 1.29 is 17.9 Å². The number of nitrogens with one attached hydrogen (secondary N) is 1. The zero-order valence-corrected chi connectivity index (χ0v) is 18.3. The molecule has 31 heavy (non-hydrogen) atoms. The van der Waals surface area contributed by atoms with Gasteiger partial charge in [0.05, 0.1) is 23.4 Å². The van der Waals surface area contributed by atoms with Crippen LogP contribution in [0.1, 0.15) is 27.9 Å². The number of rotatable bonds is 5. The van der Waals surface area contributed by atoms with Crippen molar-refractivity contribution in [1.82, 2.24) is 0 Å². The van der Waals surface area contributed by atoms with E-state index in [1.165, 1.54) is 23.5 Å². The van der Waals surface area contributed by atoms with Gasteiger partial charge in [-0.1, -0.05) is 36.4 Å². The minimum atomic E-state index is -3.81. The van der Waals surface area contributed by atoms with Crippen molar-refractivity contribution >= 4 is 27.3 Å². The van der Waals surface area contributed by atoms with Crippen LogP contribution >= 0.6 is 0 Å². The second-order valence-corrected chi connectivity index (χ2v) is 9.30. The topological polar surface area (TPSA) is 75.7 Å². The fourth-order valence-electron chi connectivity index (χ4n) is 3.84. The highest BCUT2D eigenvalue weighted by molar-refractivity contribution is 7.92. The van der Waals surface area contributed by atoms with E-state index in [0.717, 1.165) is 24.0 Å². The van der Waals surface area contributed by atoms with Crippen LogP contribution in [0, 0.1) is 6.92 Å². The summed E-state index contributed by atoms with van der Waals surface area (Å²) in [4.78, 5) is 12.9. The third kappa shape index (κ3) is 4.01. The van der Waals surface area contributed by atoms with E-state index >= 15 is 0 Å². The molecular weight excluding hydrogens is 412 g/mol. The molecule has 1 aliphatic heterocycles. The number of carbonyl (C=O) groups excluding carboxylic acids is 1. The SMILES string of the molecule is COc1ccc(S(=O)(=O)N2CCCc3ccccc32)cc1NC(=O)c1ccccc1C. The summed E-state index contributed by atoms with van der Waals surface area (Å²) in [5.41, 5.74) is 3.37. The van der Waals surface area contributed by atoms with Crippen LogP contribution in [0.2, 0.25) is 0 Å². The van der Waals surface area contributed by atoms with E-state index in [1.54, 1.807) is 18.2 Å².